The quantitative estimate of drug-likeness (QED) is 0.679. The number of nitrogens with zero attached hydrogens (tertiary/aromatic N) is 5. The molecule has 0 bridgehead atoms. The van der Waals surface area contributed by atoms with Crippen LogP contribution < -0.4 is 4.74 Å². The van der Waals surface area contributed by atoms with Crippen LogP contribution in [0.15, 0.2) is 33.3 Å². The highest BCUT2D eigenvalue weighted by atomic mass is 32.2. The average Bonchev–Trinajstić information content (AvgIpc) is 2.73. The molecule has 0 aliphatic heterocycles. The van der Waals surface area contributed by atoms with E-state index in [1.165, 1.54) is 23.9 Å². The Bertz CT molecular complexity index is 797. The molecule has 21 heavy (non-hydrogen) atoms. The molecule has 0 spiro atoms. The fourth-order valence-electron chi connectivity index (χ4n) is 1.60. The van der Waals surface area contributed by atoms with Gasteiger partial charge in [-0.15, -0.1) is 10.2 Å². The third-order valence-corrected chi connectivity index (χ3v) is 3.39. The van der Waals surface area contributed by atoms with Gasteiger partial charge in [0.05, 0.1) is 12.0 Å². The summed E-state index contributed by atoms with van der Waals surface area (Å²) in [6, 6.07) is 3.74. The summed E-state index contributed by atoms with van der Waals surface area (Å²) in [5, 5.41) is 11.8. The van der Waals surface area contributed by atoms with Crippen molar-refractivity contribution in [2.75, 3.05) is 7.11 Å². The summed E-state index contributed by atoms with van der Waals surface area (Å²) < 4.78 is 37.8. The number of ether oxygens (including phenoxy) is 1. The molecular formula is C11H13N5O4S. The van der Waals surface area contributed by atoms with Crippen molar-refractivity contribution >= 4 is 21.8 Å². The number of azo groups is 1. The zero-order chi connectivity index (χ0) is 15.6. The first kappa shape index (κ1) is 15.1. The van der Waals surface area contributed by atoms with Gasteiger partial charge in [0.2, 0.25) is 0 Å². The van der Waals surface area contributed by atoms with Crippen molar-refractivity contribution in [2.45, 2.75) is 11.8 Å². The molecule has 1 aromatic heterocycles. The van der Waals surface area contributed by atoms with Gasteiger partial charge in [-0.1, -0.05) is 0 Å². The van der Waals surface area contributed by atoms with Crippen molar-refractivity contribution < 1.29 is 17.7 Å². The van der Waals surface area contributed by atoms with Crippen LogP contribution in [0.1, 0.15) is 5.82 Å². The highest BCUT2D eigenvalue weighted by molar-refractivity contribution is 7.85. The molecule has 0 fully saturated rings. The first-order valence-corrected chi connectivity index (χ1v) is 7.20. The van der Waals surface area contributed by atoms with Gasteiger partial charge in [0, 0.05) is 7.05 Å². The van der Waals surface area contributed by atoms with E-state index in [9.17, 15) is 8.42 Å². The standard InChI is InChI=1S/C11H13N5O4S/c1-7-12-11(16(2)15-7)14-13-9-6-8(21(17,18)19)4-5-10(9)20-3/h4-6H,1-3H3,(H,17,18,19). The summed E-state index contributed by atoms with van der Waals surface area (Å²) in [6.45, 7) is 1.71. The second kappa shape index (κ2) is 5.58. The van der Waals surface area contributed by atoms with Gasteiger partial charge < -0.3 is 4.74 Å². The monoisotopic (exact) mass is 311 g/mol. The summed E-state index contributed by atoms with van der Waals surface area (Å²) in [4.78, 5) is 3.74. The molecule has 2 rings (SSSR count). The summed E-state index contributed by atoms with van der Waals surface area (Å²) >= 11 is 0. The van der Waals surface area contributed by atoms with Gasteiger partial charge in [-0.05, 0) is 25.1 Å². The van der Waals surface area contributed by atoms with Crippen LogP contribution in [0.2, 0.25) is 0 Å². The van der Waals surface area contributed by atoms with Crippen molar-refractivity contribution in [3.63, 3.8) is 0 Å². The number of benzene rings is 1. The molecule has 0 unspecified atom stereocenters. The normalized spacial score (nSPS) is 12.0. The maximum Gasteiger partial charge on any atom is 0.294 e. The van der Waals surface area contributed by atoms with E-state index in [0.717, 1.165) is 6.07 Å². The van der Waals surface area contributed by atoms with Crippen LogP contribution in [0.5, 0.6) is 5.75 Å². The molecule has 2 aromatic rings. The van der Waals surface area contributed by atoms with Crippen LogP contribution >= 0.6 is 0 Å². The van der Waals surface area contributed by atoms with Crippen molar-refractivity contribution in [3.05, 3.63) is 24.0 Å². The minimum Gasteiger partial charge on any atom is -0.494 e. The lowest BCUT2D eigenvalue weighted by Crippen LogP contribution is -1.97. The van der Waals surface area contributed by atoms with Gasteiger partial charge in [-0.25, -0.2) is 4.68 Å². The zero-order valence-corrected chi connectivity index (χ0v) is 12.4. The maximum absolute atomic E-state index is 11.1. The van der Waals surface area contributed by atoms with Gasteiger partial charge in [-0.3, -0.25) is 4.55 Å². The highest BCUT2D eigenvalue weighted by Gasteiger charge is 2.13. The minimum absolute atomic E-state index is 0.147. The van der Waals surface area contributed by atoms with Gasteiger partial charge in [0.15, 0.2) is 0 Å². The number of hydrogen-bond donors (Lipinski definition) is 1. The minimum atomic E-state index is -4.33. The Hall–Kier alpha value is -2.33. The maximum atomic E-state index is 11.1. The Morgan fingerprint density at radius 3 is 2.57 bits per heavy atom. The second-order valence-electron chi connectivity index (χ2n) is 4.09. The predicted octanol–water partition coefficient (Wildman–Crippen LogP) is 1.79. The van der Waals surface area contributed by atoms with E-state index >= 15 is 0 Å². The Labute approximate surface area is 121 Å². The summed E-state index contributed by atoms with van der Waals surface area (Å²) in [6.07, 6.45) is 0. The molecule has 1 aromatic carbocycles. The summed E-state index contributed by atoms with van der Waals surface area (Å²) in [5.41, 5.74) is 0.147. The molecule has 0 aliphatic carbocycles. The third kappa shape index (κ3) is 3.41. The van der Waals surface area contributed by atoms with Crippen LogP contribution in [0, 0.1) is 6.92 Å². The lowest BCUT2D eigenvalue weighted by atomic mass is 10.3. The molecule has 0 radical (unpaired) electrons. The van der Waals surface area contributed by atoms with Crippen LogP contribution in [0.25, 0.3) is 0 Å². The fourth-order valence-corrected chi connectivity index (χ4v) is 2.10. The zero-order valence-electron chi connectivity index (χ0n) is 11.5. The smallest absolute Gasteiger partial charge is 0.294 e. The molecule has 0 atom stereocenters. The fraction of sp³-hybridized carbons (Fsp3) is 0.273. The molecule has 0 saturated carbocycles. The first-order chi connectivity index (χ1) is 9.81. The summed E-state index contributed by atoms with van der Waals surface area (Å²) in [7, 11) is -1.26. The number of aryl methyl sites for hydroxylation is 2. The van der Waals surface area contributed by atoms with Gasteiger partial charge >= 0.3 is 0 Å². The molecule has 1 N–H and O–H groups in total. The Morgan fingerprint density at radius 1 is 1.33 bits per heavy atom. The van der Waals surface area contributed by atoms with Crippen molar-refractivity contribution in [2.24, 2.45) is 17.3 Å². The third-order valence-electron chi connectivity index (χ3n) is 2.54. The van der Waals surface area contributed by atoms with E-state index in [1.807, 2.05) is 0 Å². The van der Waals surface area contributed by atoms with E-state index in [1.54, 1.807) is 14.0 Å². The Balaban J connectivity index is 2.44. The van der Waals surface area contributed by atoms with Gasteiger partial charge in [-0.2, -0.15) is 18.5 Å². The number of hydrogen-bond acceptors (Lipinski definition) is 7. The second-order valence-corrected chi connectivity index (χ2v) is 5.51. The van der Waals surface area contributed by atoms with Crippen LogP contribution in [0.3, 0.4) is 0 Å². The van der Waals surface area contributed by atoms with E-state index in [4.69, 9.17) is 9.29 Å². The van der Waals surface area contributed by atoms with Crippen LogP contribution in [-0.2, 0) is 17.2 Å². The topological polar surface area (TPSA) is 119 Å². The Morgan fingerprint density at radius 2 is 2.05 bits per heavy atom. The number of aromatic nitrogens is 3. The van der Waals surface area contributed by atoms with Crippen LogP contribution in [-0.4, -0.2) is 34.8 Å². The number of rotatable bonds is 4. The predicted molar refractivity (Wildman–Crippen MR) is 72.7 cm³/mol. The SMILES string of the molecule is COc1ccc(S(=O)(=O)O)cc1N=Nc1nc(C)nn1C. The molecule has 10 heteroatoms. The molecule has 9 nitrogen and oxygen atoms in total. The van der Waals surface area contributed by atoms with Crippen molar-refractivity contribution in [1.82, 2.24) is 14.8 Å². The van der Waals surface area contributed by atoms with Gasteiger partial charge in [0.25, 0.3) is 16.1 Å². The highest BCUT2D eigenvalue weighted by Crippen LogP contribution is 2.31. The van der Waals surface area contributed by atoms with Crippen LogP contribution in [0.4, 0.5) is 11.6 Å². The van der Waals surface area contributed by atoms with Crippen molar-refractivity contribution in [1.29, 1.82) is 0 Å². The molecule has 1 heterocycles. The summed E-state index contributed by atoms with van der Waals surface area (Å²) in [5.74, 6) is 1.10. The molecule has 0 aliphatic rings. The van der Waals surface area contributed by atoms with E-state index in [2.05, 4.69) is 20.3 Å². The molecule has 0 saturated heterocycles. The largest absolute Gasteiger partial charge is 0.494 e. The first-order valence-electron chi connectivity index (χ1n) is 5.76. The van der Waals surface area contributed by atoms with E-state index in [-0.39, 0.29) is 16.5 Å². The molecule has 0 amide bonds. The van der Waals surface area contributed by atoms with E-state index in [0.29, 0.717) is 11.6 Å². The van der Waals surface area contributed by atoms with Crippen molar-refractivity contribution in [3.8, 4) is 5.75 Å². The molecule has 112 valence electrons. The Kier molecular flexibility index (Phi) is 4.00. The molecular weight excluding hydrogens is 298 g/mol. The van der Waals surface area contributed by atoms with E-state index < -0.39 is 10.1 Å². The average molecular weight is 311 g/mol. The lowest BCUT2D eigenvalue weighted by Gasteiger charge is -2.04. The lowest BCUT2D eigenvalue weighted by molar-refractivity contribution is 0.415. The number of methoxy groups -OCH3 is 1. The van der Waals surface area contributed by atoms with Gasteiger partial charge in [0.1, 0.15) is 17.3 Å².